The number of ether oxygens (including phenoxy) is 5. The van der Waals surface area contributed by atoms with Gasteiger partial charge < -0.3 is 28.8 Å². The lowest BCUT2D eigenvalue weighted by atomic mass is 9.96. The molecular formula is C24H24ClN5O10S2. The van der Waals surface area contributed by atoms with Gasteiger partial charge in [0.25, 0.3) is 5.19 Å². The van der Waals surface area contributed by atoms with E-state index in [4.69, 9.17) is 35.3 Å². The lowest BCUT2D eigenvalue weighted by molar-refractivity contribution is -0.212. The first-order chi connectivity index (χ1) is 20.0. The largest absolute Gasteiger partial charge is 0.486 e. The number of pyridine rings is 1. The van der Waals surface area contributed by atoms with Gasteiger partial charge in [0.2, 0.25) is 0 Å². The number of nitrogens with zero attached hydrogens (tertiary/aromatic N) is 5. The van der Waals surface area contributed by atoms with Gasteiger partial charge in [-0.3, -0.25) is 14.4 Å². The Hall–Kier alpha value is -3.80. The number of aromatic hydroxyl groups is 1. The second-order valence-corrected chi connectivity index (χ2v) is 11.1. The minimum absolute atomic E-state index is 0.0846. The van der Waals surface area contributed by atoms with Crippen molar-refractivity contribution in [3.05, 3.63) is 34.6 Å². The van der Waals surface area contributed by atoms with Crippen molar-refractivity contribution in [3.8, 4) is 16.6 Å². The second kappa shape index (κ2) is 13.5. The third-order valence-corrected chi connectivity index (χ3v) is 7.71. The molecule has 15 nitrogen and oxygen atoms in total. The number of halogens is 1. The first-order valence-corrected chi connectivity index (χ1v) is 14.2. The van der Waals surface area contributed by atoms with Gasteiger partial charge >= 0.3 is 23.9 Å². The zero-order valence-electron chi connectivity index (χ0n) is 22.5. The van der Waals surface area contributed by atoms with Crippen LogP contribution in [0.5, 0.6) is 5.19 Å². The Morgan fingerprint density at radius 1 is 1.12 bits per heavy atom. The van der Waals surface area contributed by atoms with E-state index >= 15 is 0 Å². The molecular weight excluding hydrogens is 618 g/mol. The van der Waals surface area contributed by atoms with Crippen molar-refractivity contribution in [2.45, 2.75) is 55.5 Å². The third kappa shape index (κ3) is 7.33. The number of carbonyl (C=O) groups excluding carboxylic acids is 4. The number of hydrogen-bond acceptors (Lipinski definition) is 16. The molecule has 1 aliphatic heterocycles. The number of rotatable bonds is 9. The summed E-state index contributed by atoms with van der Waals surface area (Å²) in [7, 11) is 1.19. The van der Waals surface area contributed by atoms with Gasteiger partial charge in [0, 0.05) is 37.2 Å². The molecule has 0 amide bonds. The highest BCUT2D eigenvalue weighted by Gasteiger charge is 2.52. The maximum Gasteiger partial charge on any atom is 0.357 e. The molecule has 1 N–H and O–H groups in total. The van der Waals surface area contributed by atoms with Crippen LogP contribution in [-0.2, 0) is 38.1 Å². The molecule has 0 unspecified atom stereocenters. The van der Waals surface area contributed by atoms with Crippen molar-refractivity contribution in [1.82, 2.24) is 25.0 Å². The average molecular weight is 642 g/mol. The molecule has 1 fully saturated rings. The van der Waals surface area contributed by atoms with E-state index in [2.05, 4.69) is 20.3 Å². The number of hydrogen-bond donors (Lipinski definition) is 1. The molecule has 3 aromatic heterocycles. The lowest BCUT2D eigenvalue weighted by Crippen LogP contribution is -2.57. The Morgan fingerprint density at radius 3 is 2.45 bits per heavy atom. The van der Waals surface area contributed by atoms with Gasteiger partial charge in [0.15, 0.2) is 17.9 Å². The molecule has 224 valence electrons. The number of aromatic nitrogens is 5. The fourth-order valence-electron chi connectivity index (χ4n) is 4.09. The fourth-order valence-corrected chi connectivity index (χ4v) is 6.09. The summed E-state index contributed by atoms with van der Waals surface area (Å²) in [5.74, 6) is -2.79. The van der Waals surface area contributed by atoms with Gasteiger partial charge in [0.05, 0.1) is 18.3 Å². The van der Waals surface area contributed by atoms with Crippen LogP contribution >= 0.6 is 34.7 Å². The summed E-state index contributed by atoms with van der Waals surface area (Å²) in [4.78, 5) is 57.1. The molecule has 42 heavy (non-hydrogen) atoms. The van der Waals surface area contributed by atoms with E-state index in [1.54, 1.807) is 5.38 Å². The van der Waals surface area contributed by atoms with Crippen LogP contribution in [-0.4, -0.2) is 91.4 Å². The van der Waals surface area contributed by atoms with Crippen LogP contribution in [0, 0.1) is 0 Å². The summed E-state index contributed by atoms with van der Waals surface area (Å²) in [6.07, 6.45) is -0.813. The zero-order valence-corrected chi connectivity index (χ0v) is 24.8. The van der Waals surface area contributed by atoms with Gasteiger partial charge in [-0.25, -0.2) is 19.4 Å². The van der Waals surface area contributed by atoms with E-state index in [0.29, 0.717) is 5.69 Å². The van der Waals surface area contributed by atoms with Gasteiger partial charge in [0.1, 0.15) is 35.6 Å². The maximum atomic E-state index is 12.5. The van der Waals surface area contributed by atoms with E-state index < -0.39 is 53.7 Å². The van der Waals surface area contributed by atoms with Crippen LogP contribution in [0.3, 0.4) is 0 Å². The molecule has 1 saturated heterocycles. The zero-order chi connectivity index (χ0) is 30.6. The van der Waals surface area contributed by atoms with E-state index in [1.807, 2.05) is 0 Å². The van der Waals surface area contributed by atoms with Crippen LogP contribution in [0.25, 0.3) is 11.4 Å². The number of thioether (sulfide) groups is 1. The topological polar surface area (TPSA) is 191 Å². The van der Waals surface area contributed by atoms with Crippen LogP contribution < -0.4 is 0 Å². The van der Waals surface area contributed by atoms with Gasteiger partial charge in [-0.1, -0.05) is 39.9 Å². The standard InChI is InChI=1S/C24H24ClN5O10S2/c1-10(31)37-8-16-20(38-11(2)32)19(30-7-14(28-29-30)15-9-41-24(35)27-15)21(39-12(3)33)23(40-16)42-17-5-13(25)6-26-18(17)22(34)36-4/h5-7,9,16,19-21,23H,8H2,1-4H3,(H,27,35)/t16-,19+,20+,21-,23-/m1/s1. The first-order valence-electron chi connectivity index (χ1n) is 12.1. The number of methoxy groups -OCH3 is 1. The molecule has 4 rings (SSSR count). The molecule has 0 aliphatic carbocycles. The normalized spacial score (nSPS) is 21.8. The smallest absolute Gasteiger partial charge is 0.357 e. The molecule has 18 heteroatoms. The Balaban J connectivity index is 1.83. The van der Waals surface area contributed by atoms with Crippen LogP contribution in [0.4, 0.5) is 0 Å². The molecule has 3 aromatic rings. The van der Waals surface area contributed by atoms with Crippen molar-refractivity contribution < 1.29 is 48.0 Å². The predicted octanol–water partition coefficient (Wildman–Crippen LogP) is 2.43. The number of carbonyl (C=O) groups is 4. The molecule has 0 aromatic carbocycles. The van der Waals surface area contributed by atoms with E-state index in [-0.39, 0.29) is 33.1 Å². The van der Waals surface area contributed by atoms with Crippen molar-refractivity contribution in [2.75, 3.05) is 13.7 Å². The average Bonchev–Trinajstić information content (AvgIpc) is 3.57. The fraction of sp³-hybridized carbons (Fsp3) is 0.417. The van der Waals surface area contributed by atoms with E-state index in [1.165, 1.54) is 51.0 Å². The van der Waals surface area contributed by atoms with Gasteiger partial charge in [-0.05, 0) is 6.07 Å². The van der Waals surface area contributed by atoms with Crippen molar-refractivity contribution in [1.29, 1.82) is 0 Å². The molecule has 0 radical (unpaired) electrons. The van der Waals surface area contributed by atoms with Crippen LogP contribution in [0.15, 0.2) is 28.7 Å². The predicted molar refractivity (Wildman–Crippen MR) is 145 cm³/mol. The number of thiazole rings is 1. The van der Waals surface area contributed by atoms with Crippen molar-refractivity contribution in [2.24, 2.45) is 0 Å². The molecule has 0 spiro atoms. The Labute approximate surface area is 251 Å². The number of esters is 4. The van der Waals surface area contributed by atoms with E-state index in [0.717, 1.165) is 23.1 Å². The van der Waals surface area contributed by atoms with E-state index in [9.17, 15) is 24.3 Å². The van der Waals surface area contributed by atoms with Crippen molar-refractivity contribution >= 4 is 58.6 Å². The molecule has 1 aliphatic rings. The summed E-state index contributed by atoms with van der Waals surface area (Å²) in [5.41, 5.74) is -0.627. The van der Waals surface area contributed by atoms with Gasteiger partial charge in [-0.2, -0.15) is 0 Å². The minimum atomic E-state index is -1.23. The summed E-state index contributed by atoms with van der Waals surface area (Å²) in [6.45, 7) is 3.19. The Kier molecular flexibility index (Phi) is 9.97. The summed E-state index contributed by atoms with van der Waals surface area (Å²) in [5, 5.41) is 19.6. The highest BCUT2D eigenvalue weighted by molar-refractivity contribution is 8.00. The summed E-state index contributed by atoms with van der Waals surface area (Å²) in [6, 6.07) is 0.364. The maximum absolute atomic E-state index is 12.5. The Morgan fingerprint density at radius 2 is 1.83 bits per heavy atom. The monoisotopic (exact) mass is 641 g/mol. The molecule has 4 heterocycles. The minimum Gasteiger partial charge on any atom is -0.486 e. The SMILES string of the molecule is COC(=O)c1ncc(Cl)cc1S[C@H]1O[C@H](COC(C)=O)[C@H](OC(C)=O)[C@H](n2cc(-c3csc(O)n3)nn2)[C@H]1OC(C)=O. The highest BCUT2D eigenvalue weighted by atomic mass is 35.5. The van der Waals surface area contributed by atoms with Crippen LogP contribution in [0.2, 0.25) is 5.02 Å². The summed E-state index contributed by atoms with van der Waals surface area (Å²) < 4.78 is 28.9. The second-order valence-electron chi connectivity index (χ2n) is 8.69. The van der Waals surface area contributed by atoms with Crippen LogP contribution in [0.1, 0.15) is 37.3 Å². The Bertz CT molecular complexity index is 1480. The molecule has 0 saturated carbocycles. The molecule has 0 bridgehead atoms. The van der Waals surface area contributed by atoms with Crippen molar-refractivity contribution in [3.63, 3.8) is 0 Å². The van der Waals surface area contributed by atoms with Gasteiger partial charge in [-0.15, -0.1) is 5.10 Å². The third-order valence-electron chi connectivity index (χ3n) is 5.68. The molecule has 5 atom stereocenters. The first kappa shape index (κ1) is 31.1. The highest BCUT2D eigenvalue weighted by Crippen LogP contribution is 2.42. The quantitative estimate of drug-likeness (QED) is 0.264. The lowest BCUT2D eigenvalue weighted by Gasteiger charge is -2.44. The summed E-state index contributed by atoms with van der Waals surface area (Å²) >= 11 is 8.08.